The number of carbonyl (C=O) groups excluding carboxylic acids is 1. The maximum atomic E-state index is 11.7. The number of nitrogens with two attached hydrogens (primary N) is 1. The summed E-state index contributed by atoms with van der Waals surface area (Å²) in [6.07, 6.45) is 0.734. The molecule has 0 saturated carbocycles. The molecule has 1 fully saturated rings. The van der Waals surface area contributed by atoms with Crippen LogP contribution in [0.3, 0.4) is 0 Å². The van der Waals surface area contributed by atoms with Crippen molar-refractivity contribution in [2.75, 3.05) is 13.1 Å². The van der Waals surface area contributed by atoms with Crippen molar-refractivity contribution in [3.63, 3.8) is 0 Å². The first kappa shape index (κ1) is 14.0. The number of carbonyl (C=O) groups is 1. The average molecular weight is 282 g/mol. The zero-order valence-electron chi connectivity index (χ0n) is 10.9. The van der Waals surface area contributed by atoms with Gasteiger partial charge in [-0.2, -0.15) is 0 Å². The molecular formula is C13H18N2O3S. The highest BCUT2D eigenvalue weighted by atomic mass is 32.2. The highest BCUT2D eigenvalue weighted by Crippen LogP contribution is 2.17. The van der Waals surface area contributed by atoms with Crippen molar-refractivity contribution in [3.05, 3.63) is 35.4 Å². The lowest BCUT2D eigenvalue weighted by atomic mass is 10.1. The molecule has 0 aromatic heterocycles. The summed E-state index contributed by atoms with van der Waals surface area (Å²) in [5.74, 6) is -0.133. The lowest BCUT2D eigenvalue weighted by Gasteiger charge is -2.16. The Bertz CT molecular complexity index is 583. The monoisotopic (exact) mass is 282 g/mol. The topological polar surface area (TPSA) is 80.5 Å². The lowest BCUT2D eigenvalue weighted by molar-refractivity contribution is -0.127. The molecule has 104 valence electrons. The van der Waals surface area contributed by atoms with Gasteiger partial charge >= 0.3 is 0 Å². The van der Waals surface area contributed by atoms with Crippen LogP contribution in [0.15, 0.2) is 24.3 Å². The summed E-state index contributed by atoms with van der Waals surface area (Å²) in [6.45, 7) is 2.76. The molecule has 0 aliphatic carbocycles. The van der Waals surface area contributed by atoms with Crippen LogP contribution in [0.1, 0.15) is 17.5 Å². The van der Waals surface area contributed by atoms with Crippen LogP contribution in [0.5, 0.6) is 0 Å². The smallest absolute Gasteiger partial charge is 0.224 e. The van der Waals surface area contributed by atoms with Crippen LogP contribution in [0, 0.1) is 6.92 Å². The van der Waals surface area contributed by atoms with E-state index in [0.717, 1.165) is 12.0 Å². The fourth-order valence-electron chi connectivity index (χ4n) is 2.30. The molecular weight excluding hydrogens is 264 g/mol. The van der Waals surface area contributed by atoms with Crippen molar-refractivity contribution in [1.29, 1.82) is 0 Å². The van der Waals surface area contributed by atoms with Crippen molar-refractivity contribution in [1.82, 2.24) is 4.90 Å². The van der Waals surface area contributed by atoms with Gasteiger partial charge in [-0.05, 0) is 18.9 Å². The van der Waals surface area contributed by atoms with E-state index >= 15 is 0 Å². The van der Waals surface area contributed by atoms with E-state index in [0.29, 0.717) is 6.54 Å². The number of sulfonamides is 1. The van der Waals surface area contributed by atoms with Gasteiger partial charge in [-0.15, -0.1) is 0 Å². The Morgan fingerprint density at radius 3 is 2.74 bits per heavy atom. The third-order valence-electron chi connectivity index (χ3n) is 3.40. The largest absolute Gasteiger partial charge is 0.341 e. The molecule has 2 N–H and O–H groups in total. The van der Waals surface area contributed by atoms with Crippen LogP contribution < -0.4 is 5.14 Å². The summed E-state index contributed by atoms with van der Waals surface area (Å²) in [4.78, 5) is 13.3. The van der Waals surface area contributed by atoms with E-state index in [1.165, 1.54) is 5.56 Å². The maximum Gasteiger partial charge on any atom is 0.224 e. The fraction of sp³-hybridized carbons (Fsp3) is 0.462. The Morgan fingerprint density at radius 2 is 2.16 bits per heavy atom. The van der Waals surface area contributed by atoms with Gasteiger partial charge in [-0.3, -0.25) is 4.79 Å². The molecule has 1 aromatic rings. The number of rotatable bonds is 4. The highest BCUT2D eigenvalue weighted by Gasteiger charge is 2.35. The summed E-state index contributed by atoms with van der Waals surface area (Å²) >= 11 is 0. The molecule has 1 saturated heterocycles. The molecule has 6 heteroatoms. The Balaban J connectivity index is 1.96. The number of hydrogen-bond donors (Lipinski definition) is 1. The minimum absolute atomic E-state index is 0.00660. The van der Waals surface area contributed by atoms with Gasteiger partial charge in [0, 0.05) is 19.5 Å². The Labute approximate surface area is 113 Å². The number of likely N-dealkylation sites (tertiary alicyclic amines) is 1. The van der Waals surface area contributed by atoms with Crippen LogP contribution in [0.2, 0.25) is 0 Å². The van der Waals surface area contributed by atoms with Crippen molar-refractivity contribution in [3.8, 4) is 0 Å². The predicted molar refractivity (Wildman–Crippen MR) is 73.0 cm³/mol. The van der Waals surface area contributed by atoms with Crippen LogP contribution >= 0.6 is 0 Å². The Morgan fingerprint density at radius 1 is 1.42 bits per heavy atom. The third kappa shape index (κ3) is 3.54. The molecule has 0 bridgehead atoms. The lowest BCUT2D eigenvalue weighted by Crippen LogP contribution is -2.33. The van der Waals surface area contributed by atoms with E-state index in [9.17, 15) is 13.2 Å². The number of benzene rings is 1. The van der Waals surface area contributed by atoms with E-state index < -0.39 is 15.3 Å². The molecule has 1 amide bonds. The molecule has 2 rings (SSSR count). The van der Waals surface area contributed by atoms with Crippen LogP contribution in [0.4, 0.5) is 0 Å². The SMILES string of the molecule is Cc1cccc(CCN2CC(S(N)(=O)=O)CC2=O)c1. The second-order valence-corrected chi connectivity index (χ2v) is 6.84. The maximum absolute atomic E-state index is 11.7. The number of aryl methyl sites for hydroxylation is 1. The first-order valence-corrected chi connectivity index (χ1v) is 7.82. The molecule has 0 spiro atoms. The Kier molecular flexibility index (Phi) is 3.91. The van der Waals surface area contributed by atoms with Crippen LogP contribution in [-0.2, 0) is 21.2 Å². The molecule has 1 aliphatic heterocycles. The molecule has 19 heavy (non-hydrogen) atoms. The van der Waals surface area contributed by atoms with Crippen molar-refractivity contribution < 1.29 is 13.2 Å². The predicted octanol–water partition coefficient (Wildman–Crippen LogP) is 0.427. The summed E-state index contributed by atoms with van der Waals surface area (Å²) in [5.41, 5.74) is 2.32. The zero-order chi connectivity index (χ0) is 14.0. The van der Waals surface area contributed by atoms with Crippen LogP contribution in [0.25, 0.3) is 0 Å². The van der Waals surface area contributed by atoms with E-state index in [-0.39, 0.29) is 18.9 Å². The molecule has 1 aliphatic rings. The molecule has 1 aromatic carbocycles. The first-order chi connectivity index (χ1) is 8.86. The summed E-state index contributed by atoms with van der Waals surface area (Å²) < 4.78 is 22.5. The van der Waals surface area contributed by atoms with E-state index in [1.807, 2.05) is 25.1 Å². The van der Waals surface area contributed by atoms with E-state index in [2.05, 4.69) is 6.07 Å². The molecule has 0 radical (unpaired) electrons. The Hall–Kier alpha value is -1.40. The van der Waals surface area contributed by atoms with E-state index in [4.69, 9.17) is 5.14 Å². The van der Waals surface area contributed by atoms with Gasteiger partial charge in [0.15, 0.2) is 0 Å². The highest BCUT2D eigenvalue weighted by molar-refractivity contribution is 7.89. The van der Waals surface area contributed by atoms with Crippen molar-refractivity contribution in [2.24, 2.45) is 5.14 Å². The second kappa shape index (κ2) is 5.30. The number of nitrogens with zero attached hydrogens (tertiary/aromatic N) is 1. The average Bonchev–Trinajstić information content (AvgIpc) is 2.68. The first-order valence-electron chi connectivity index (χ1n) is 6.21. The summed E-state index contributed by atoms with van der Waals surface area (Å²) in [6, 6.07) is 8.06. The van der Waals surface area contributed by atoms with Gasteiger partial charge in [-0.1, -0.05) is 29.8 Å². The summed E-state index contributed by atoms with van der Waals surface area (Å²) in [7, 11) is -3.62. The van der Waals surface area contributed by atoms with Gasteiger partial charge < -0.3 is 4.90 Å². The van der Waals surface area contributed by atoms with Crippen molar-refractivity contribution >= 4 is 15.9 Å². The minimum Gasteiger partial charge on any atom is -0.341 e. The number of amides is 1. The molecule has 5 nitrogen and oxygen atoms in total. The fourth-order valence-corrected chi connectivity index (χ4v) is 3.07. The normalized spacial score (nSPS) is 20.0. The van der Waals surface area contributed by atoms with Gasteiger partial charge in [0.2, 0.25) is 15.9 Å². The quantitative estimate of drug-likeness (QED) is 0.869. The molecule has 1 atom stereocenters. The molecule has 1 unspecified atom stereocenters. The third-order valence-corrected chi connectivity index (χ3v) is 4.64. The van der Waals surface area contributed by atoms with Gasteiger partial charge in [0.05, 0.1) is 0 Å². The number of hydrogen-bond acceptors (Lipinski definition) is 3. The van der Waals surface area contributed by atoms with Gasteiger partial charge in [0.25, 0.3) is 0 Å². The standard InChI is InChI=1S/C13H18N2O3S/c1-10-3-2-4-11(7-10)5-6-15-9-12(8-13(15)16)19(14,17)18/h2-4,7,12H,5-6,8-9H2,1H3,(H2,14,17,18). The summed E-state index contributed by atoms with van der Waals surface area (Å²) in [5, 5.41) is 4.33. The molecule has 1 heterocycles. The second-order valence-electron chi connectivity index (χ2n) is 4.99. The minimum atomic E-state index is -3.62. The van der Waals surface area contributed by atoms with E-state index in [1.54, 1.807) is 4.90 Å². The number of primary sulfonamides is 1. The van der Waals surface area contributed by atoms with Gasteiger partial charge in [-0.25, -0.2) is 13.6 Å². The zero-order valence-corrected chi connectivity index (χ0v) is 11.7. The van der Waals surface area contributed by atoms with Gasteiger partial charge in [0.1, 0.15) is 5.25 Å². The van der Waals surface area contributed by atoms with Crippen LogP contribution in [-0.4, -0.2) is 37.6 Å². The van der Waals surface area contributed by atoms with Crippen molar-refractivity contribution in [2.45, 2.75) is 25.0 Å².